The number of methoxy groups -OCH3 is 1. The molecule has 0 saturated heterocycles. The number of carbonyl (C=O) groups is 1. The van der Waals surface area contributed by atoms with Crippen molar-refractivity contribution in [3.05, 3.63) is 63.5 Å². The van der Waals surface area contributed by atoms with E-state index in [1.807, 2.05) is 0 Å². The van der Waals surface area contributed by atoms with Gasteiger partial charge in [-0.3, -0.25) is 10.1 Å². The predicted octanol–water partition coefficient (Wildman–Crippen LogP) is 2.54. The zero-order chi connectivity index (χ0) is 16.4. The Morgan fingerprint density at radius 1 is 1.26 bits per heavy atom. The van der Waals surface area contributed by atoms with Crippen LogP contribution in [-0.4, -0.2) is 23.9 Å². The number of nitrogens with zero attached hydrogens (tertiary/aromatic N) is 2. The fourth-order valence-electron chi connectivity index (χ4n) is 1.99. The van der Waals surface area contributed by atoms with Gasteiger partial charge in [0.05, 0.1) is 13.2 Å². The fourth-order valence-corrected chi connectivity index (χ4v) is 1.99. The largest absolute Gasteiger partial charge is 0.496 e. The van der Waals surface area contributed by atoms with E-state index in [1.165, 1.54) is 19.3 Å². The van der Waals surface area contributed by atoms with E-state index in [0.717, 1.165) is 6.07 Å². The molecule has 2 aromatic rings. The Balaban J connectivity index is 1.94. The number of rotatable bonds is 4. The molecule has 0 aliphatic carbocycles. The Morgan fingerprint density at radius 2 is 2.04 bits per heavy atom. The zero-order valence-electron chi connectivity index (χ0n) is 11.9. The number of nitro groups is 1. The SMILES string of the molecule is COc1ccccc1/C=C1/N=C(c2ccc([N+](=O)[O-])o2)OC1=O. The quantitative estimate of drug-likeness (QED) is 0.372. The summed E-state index contributed by atoms with van der Waals surface area (Å²) in [6.07, 6.45) is 1.51. The smallest absolute Gasteiger partial charge is 0.433 e. The van der Waals surface area contributed by atoms with E-state index in [4.69, 9.17) is 13.9 Å². The summed E-state index contributed by atoms with van der Waals surface area (Å²) in [6, 6.07) is 9.56. The monoisotopic (exact) mass is 314 g/mol. The molecule has 1 aromatic heterocycles. The topological polar surface area (TPSA) is 104 Å². The number of benzene rings is 1. The average Bonchev–Trinajstić information content (AvgIpc) is 3.15. The summed E-state index contributed by atoms with van der Waals surface area (Å²) >= 11 is 0. The molecule has 0 spiro atoms. The lowest BCUT2D eigenvalue weighted by Gasteiger charge is -2.03. The highest BCUT2D eigenvalue weighted by Crippen LogP contribution is 2.25. The molecule has 0 radical (unpaired) electrons. The van der Waals surface area contributed by atoms with Crippen molar-refractivity contribution in [2.45, 2.75) is 0 Å². The van der Waals surface area contributed by atoms with Crippen LogP contribution in [0.5, 0.6) is 5.75 Å². The van der Waals surface area contributed by atoms with Crippen LogP contribution in [0.2, 0.25) is 0 Å². The number of ether oxygens (including phenoxy) is 2. The van der Waals surface area contributed by atoms with Gasteiger partial charge in [0.2, 0.25) is 0 Å². The molecule has 0 fully saturated rings. The lowest BCUT2D eigenvalue weighted by atomic mass is 10.1. The number of carbonyl (C=O) groups excluding carboxylic acids is 1. The Bertz CT molecular complexity index is 849. The van der Waals surface area contributed by atoms with Gasteiger partial charge >= 0.3 is 11.9 Å². The Labute approximate surface area is 129 Å². The van der Waals surface area contributed by atoms with Crippen LogP contribution >= 0.6 is 0 Å². The van der Waals surface area contributed by atoms with Gasteiger partial charge in [-0.15, -0.1) is 0 Å². The van der Waals surface area contributed by atoms with E-state index in [1.54, 1.807) is 24.3 Å². The summed E-state index contributed by atoms with van der Waals surface area (Å²) in [4.78, 5) is 25.8. The first-order chi connectivity index (χ1) is 11.1. The number of para-hydroxylation sites is 1. The number of aliphatic imine (C=N–C) groups is 1. The van der Waals surface area contributed by atoms with Crippen molar-refractivity contribution in [3.63, 3.8) is 0 Å². The van der Waals surface area contributed by atoms with Crippen molar-refractivity contribution in [2.75, 3.05) is 7.11 Å². The normalized spacial score (nSPS) is 15.4. The highest BCUT2D eigenvalue weighted by atomic mass is 16.7. The first-order valence-electron chi connectivity index (χ1n) is 6.48. The molecule has 0 N–H and O–H groups in total. The minimum absolute atomic E-state index is 0.00785. The third kappa shape index (κ3) is 2.82. The lowest BCUT2D eigenvalue weighted by Crippen LogP contribution is -2.04. The molecule has 1 aliphatic heterocycles. The van der Waals surface area contributed by atoms with Crippen LogP contribution in [0.25, 0.3) is 6.08 Å². The minimum Gasteiger partial charge on any atom is -0.496 e. The van der Waals surface area contributed by atoms with Gasteiger partial charge in [-0.2, -0.15) is 0 Å². The van der Waals surface area contributed by atoms with E-state index < -0.39 is 16.8 Å². The van der Waals surface area contributed by atoms with Gasteiger partial charge in [0.25, 0.3) is 5.90 Å². The van der Waals surface area contributed by atoms with E-state index >= 15 is 0 Å². The number of furan rings is 1. The summed E-state index contributed by atoms with van der Waals surface area (Å²) in [5.41, 5.74) is 0.695. The van der Waals surface area contributed by atoms with Crippen molar-refractivity contribution < 1.29 is 23.6 Å². The number of cyclic esters (lactones) is 1. The molecule has 23 heavy (non-hydrogen) atoms. The minimum atomic E-state index is -0.688. The van der Waals surface area contributed by atoms with Crippen molar-refractivity contribution >= 4 is 23.8 Å². The highest BCUT2D eigenvalue weighted by Gasteiger charge is 2.28. The summed E-state index contributed by atoms with van der Waals surface area (Å²) in [5.74, 6) is -0.673. The molecule has 0 unspecified atom stereocenters. The summed E-state index contributed by atoms with van der Waals surface area (Å²) in [6.45, 7) is 0. The second-order valence-electron chi connectivity index (χ2n) is 4.47. The molecule has 8 heteroatoms. The van der Waals surface area contributed by atoms with Crippen molar-refractivity contribution in [1.82, 2.24) is 0 Å². The Morgan fingerprint density at radius 3 is 2.74 bits per heavy atom. The first-order valence-corrected chi connectivity index (χ1v) is 6.48. The molecule has 8 nitrogen and oxygen atoms in total. The lowest BCUT2D eigenvalue weighted by molar-refractivity contribution is -0.402. The summed E-state index contributed by atoms with van der Waals surface area (Å²) < 4.78 is 15.1. The van der Waals surface area contributed by atoms with Gasteiger partial charge < -0.3 is 13.9 Å². The van der Waals surface area contributed by atoms with Crippen LogP contribution in [0.1, 0.15) is 11.3 Å². The van der Waals surface area contributed by atoms with Gasteiger partial charge in [-0.05, 0) is 18.2 Å². The second-order valence-corrected chi connectivity index (χ2v) is 4.47. The predicted molar refractivity (Wildman–Crippen MR) is 79.0 cm³/mol. The second kappa shape index (κ2) is 5.76. The van der Waals surface area contributed by atoms with Crippen molar-refractivity contribution in [2.24, 2.45) is 4.99 Å². The maximum atomic E-state index is 11.9. The van der Waals surface area contributed by atoms with Gasteiger partial charge in [-0.1, -0.05) is 18.2 Å². The molecule has 2 heterocycles. The van der Waals surface area contributed by atoms with Crippen LogP contribution in [0.3, 0.4) is 0 Å². The van der Waals surface area contributed by atoms with E-state index in [-0.39, 0.29) is 17.4 Å². The number of esters is 1. The van der Waals surface area contributed by atoms with Gasteiger partial charge in [-0.25, -0.2) is 9.79 Å². The number of hydrogen-bond acceptors (Lipinski definition) is 7. The van der Waals surface area contributed by atoms with Crippen molar-refractivity contribution in [1.29, 1.82) is 0 Å². The molecule has 3 rings (SSSR count). The molecule has 1 aromatic carbocycles. The van der Waals surface area contributed by atoms with E-state index in [0.29, 0.717) is 11.3 Å². The summed E-state index contributed by atoms with van der Waals surface area (Å²) in [7, 11) is 1.51. The molecule has 1 aliphatic rings. The zero-order valence-corrected chi connectivity index (χ0v) is 11.9. The van der Waals surface area contributed by atoms with Crippen LogP contribution < -0.4 is 4.74 Å². The Kier molecular flexibility index (Phi) is 3.63. The molecule has 0 bridgehead atoms. The third-order valence-electron chi connectivity index (χ3n) is 3.03. The van der Waals surface area contributed by atoms with Crippen LogP contribution in [0.4, 0.5) is 5.88 Å². The van der Waals surface area contributed by atoms with Crippen molar-refractivity contribution in [3.8, 4) is 5.75 Å². The third-order valence-corrected chi connectivity index (χ3v) is 3.03. The van der Waals surface area contributed by atoms with Crippen LogP contribution in [0.15, 0.2) is 51.5 Å². The van der Waals surface area contributed by atoms with Crippen LogP contribution in [0, 0.1) is 10.1 Å². The molecular formula is C15H10N2O6. The standard InChI is InChI=1S/C15H10N2O6/c1-21-11-5-3-2-4-9(11)8-10-15(18)23-14(16-10)12-6-7-13(22-12)17(19)20/h2-8H,1H3/b10-8+. The van der Waals surface area contributed by atoms with E-state index in [9.17, 15) is 14.9 Å². The fraction of sp³-hybridized carbons (Fsp3) is 0.0667. The van der Waals surface area contributed by atoms with E-state index in [2.05, 4.69) is 4.99 Å². The molecular weight excluding hydrogens is 304 g/mol. The van der Waals surface area contributed by atoms with Gasteiger partial charge in [0, 0.05) is 5.56 Å². The maximum absolute atomic E-state index is 11.9. The summed E-state index contributed by atoms with van der Waals surface area (Å²) in [5, 5.41) is 10.6. The maximum Gasteiger partial charge on any atom is 0.433 e. The first kappa shape index (κ1) is 14.5. The molecule has 0 saturated carbocycles. The highest BCUT2D eigenvalue weighted by molar-refractivity contribution is 6.12. The van der Waals surface area contributed by atoms with Crippen LogP contribution in [-0.2, 0) is 9.53 Å². The number of hydrogen-bond donors (Lipinski definition) is 0. The molecule has 0 amide bonds. The van der Waals surface area contributed by atoms with Gasteiger partial charge in [0.15, 0.2) is 11.5 Å². The average molecular weight is 314 g/mol. The molecule has 0 atom stereocenters. The van der Waals surface area contributed by atoms with Gasteiger partial charge in [0.1, 0.15) is 10.7 Å². The Hall–Kier alpha value is -3.42. The molecule has 116 valence electrons.